The number of rotatable bonds is 5. The summed E-state index contributed by atoms with van der Waals surface area (Å²) in [7, 11) is 0. The Kier molecular flexibility index (Phi) is 5.54. The predicted molar refractivity (Wildman–Crippen MR) is 110 cm³/mol. The molecule has 0 aliphatic carbocycles. The molecule has 0 radical (unpaired) electrons. The van der Waals surface area contributed by atoms with Crippen LogP contribution in [0.1, 0.15) is 36.1 Å². The fourth-order valence-corrected chi connectivity index (χ4v) is 3.18. The molecule has 0 saturated carbocycles. The standard InChI is InChI=1S/C23H24FNO3/c1-6-27-22-16(5)23-19(15(4)12-28-23)11-18(22)14(3)9-21(26)25-17-8-7-13(2)20(24)10-17/h7-12H,6H2,1-5H3,(H,25,26)/b14-9+. The van der Waals surface area contributed by atoms with Crippen molar-refractivity contribution in [2.75, 3.05) is 11.9 Å². The van der Waals surface area contributed by atoms with Crippen molar-refractivity contribution in [1.29, 1.82) is 0 Å². The fourth-order valence-electron chi connectivity index (χ4n) is 3.18. The van der Waals surface area contributed by atoms with Crippen molar-refractivity contribution >= 4 is 28.1 Å². The lowest BCUT2D eigenvalue weighted by Crippen LogP contribution is -2.09. The zero-order valence-electron chi connectivity index (χ0n) is 16.8. The van der Waals surface area contributed by atoms with Gasteiger partial charge in [-0.1, -0.05) is 6.07 Å². The predicted octanol–water partition coefficient (Wildman–Crippen LogP) is 5.94. The van der Waals surface area contributed by atoms with E-state index in [1.807, 2.05) is 33.8 Å². The lowest BCUT2D eigenvalue weighted by atomic mass is 9.98. The number of benzene rings is 2. The van der Waals surface area contributed by atoms with Crippen LogP contribution in [-0.2, 0) is 4.79 Å². The molecule has 5 heteroatoms. The number of anilines is 1. The van der Waals surface area contributed by atoms with Crippen molar-refractivity contribution in [1.82, 2.24) is 0 Å². The molecule has 28 heavy (non-hydrogen) atoms. The molecule has 0 aliphatic heterocycles. The summed E-state index contributed by atoms with van der Waals surface area (Å²) >= 11 is 0. The molecule has 0 atom stereocenters. The van der Waals surface area contributed by atoms with Gasteiger partial charge in [0, 0.05) is 28.3 Å². The molecule has 0 unspecified atom stereocenters. The van der Waals surface area contributed by atoms with E-state index >= 15 is 0 Å². The second-order valence-electron chi connectivity index (χ2n) is 6.89. The van der Waals surface area contributed by atoms with Gasteiger partial charge in [-0.15, -0.1) is 0 Å². The van der Waals surface area contributed by atoms with Crippen LogP contribution < -0.4 is 10.1 Å². The van der Waals surface area contributed by atoms with Crippen molar-refractivity contribution in [2.45, 2.75) is 34.6 Å². The van der Waals surface area contributed by atoms with Gasteiger partial charge in [-0.05, 0) is 69.5 Å². The highest BCUT2D eigenvalue weighted by molar-refractivity contribution is 6.05. The monoisotopic (exact) mass is 381 g/mol. The first-order valence-electron chi connectivity index (χ1n) is 9.21. The van der Waals surface area contributed by atoms with Gasteiger partial charge in [0.2, 0.25) is 5.91 Å². The average Bonchev–Trinajstić information content (AvgIpc) is 3.01. The SMILES string of the molecule is CCOc1c(/C(C)=C/C(=O)Nc2ccc(C)c(F)c2)cc2c(C)coc2c1C. The zero-order valence-corrected chi connectivity index (χ0v) is 16.8. The third kappa shape index (κ3) is 3.79. The van der Waals surface area contributed by atoms with Crippen molar-refractivity contribution in [3.8, 4) is 5.75 Å². The van der Waals surface area contributed by atoms with Crippen LogP contribution in [-0.4, -0.2) is 12.5 Å². The van der Waals surface area contributed by atoms with Crippen LogP contribution in [0, 0.1) is 26.6 Å². The van der Waals surface area contributed by atoms with E-state index in [1.165, 1.54) is 12.1 Å². The molecule has 1 aromatic heterocycles. The van der Waals surface area contributed by atoms with E-state index < -0.39 is 0 Å². The number of hydrogen-bond acceptors (Lipinski definition) is 3. The van der Waals surface area contributed by atoms with Gasteiger partial charge in [0.05, 0.1) is 12.9 Å². The minimum atomic E-state index is -0.353. The van der Waals surface area contributed by atoms with Crippen molar-refractivity contribution < 1.29 is 18.3 Å². The van der Waals surface area contributed by atoms with Crippen LogP contribution in [0.15, 0.2) is 41.0 Å². The molecule has 0 aliphatic rings. The van der Waals surface area contributed by atoms with E-state index in [1.54, 1.807) is 25.3 Å². The number of allylic oxidation sites excluding steroid dienone is 1. The number of aryl methyl sites for hydroxylation is 3. The molecule has 0 spiro atoms. The van der Waals surface area contributed by atoms with Gasteiger partial charge >= 0.3 is 0 Å². The van der Waals surface area contributed by atoms with Gasteiger partial charge in [-0.25, -0.2) is 4.39 Å². The van der Waals surface area contributed by atoms with E-state index in [0.717, 1.165) is 33.2 Å². The number of nitrogens with one attached hydrogen (secondary N) is 1. The van der Waals surface area contributed by atoms with Gasteiger partial charge in [0.15, 0.2) is 0 Å². The van der Waals surface area contributed by atoms with Crippen molar-refractivity contribution in [3.63, 3.8) is 0 Å². The number of furan rings is 1. The Labute approximate surface area is 164 Å². The third-order valence-electron chi connectivity index (χ3n) is 4.74. The summed E-state index contributed by atoms with van der Waals surface area (Å²) in [5.74, 6) is 0.0193. The second-order valence-corrected chi connectivity index (χ2v) is 6.89. The molecule has 3 aromatic rings. The summed E-state index contributed by atoms with van der Waals surface area (Å²) in [6, 6.07) is 6.60. The quantitative estimate of drug-likeness (QED) is 0.557. The lowest BCUT2D eigenvalue weighted by Gasteiger charge is -2.14. The molecule has 0 saturated heterocycles. The van der Waals surface area contributed by atoms with Crippen molar-refractivity contribution in [3.05, 3.63) is 64.7 Å². The van der Waals surface area contributed by atoms with Gasteiger partial charge in [0.1, 0.15) is 17.1 Å². The molecule has 4 nitrogen and oxygen atoms in total. The van der Waals surface area contributed by atoms with Gasteiger partial charge in [0.25, 0.3) is 0 Å². The number of carbonyl (C=O) groups is 1. The molecule has 146 valence electrons. The van der Waals surface area contributed by atoms with E-state index in [9.17, 15) is 9.18 Å². The minimum absolute atomic E-state index is 0.329. The number of carbonyl (C=O) groups excluding carboxylic acids is 1. The van der Waals surface area contributed by atoms with Gasteiger partial charge < -0.3 is 14.5 Å². The summed E-state index contributed by atoms with van der Waals surface area (Å²) in [5, 5.41) is 3.70. The first kappa shape index (κ1) is 19.7. The summed E-state index contributed by atoms with van der Waals surface area (Å²) in [5.41, 5.74) is 5.24. The number of amides is 1. The second kappa shape index (κ2) is 7.89. The number of fused-ring (bicyclic) bond motifs is 1. The average molecular weight is 381 g/mol. The van der Waals surface area contributed by atoms with Crippen LogP contribution >= 0.6 is 0 Å². The van der Waals surface area contributed by atoms with Crippen LogP contribution in [0.3, 0.4) is 0 Å². The Morgan fingerprint density at radius 1 is 1.21 bits per heavy atom. The normalized spacial score (nSPS) is 11.7. The summed E-state index contributed by atoms with van der Waals surface area (Å²) in [6.45, 7) is 9.87. The van der Waals surface area contributed by atoms with Crippen LogP contribution in [0.2, 0.25) is 0 Å². The smallest absolute Gasteiger partial charge is 0.248 e. The van der Waals surface area contributed by atoms with E-state index in [-0.39, 0.29) is 11.7 Å². The Hall–Kier alpha value is -3.08. The van der Waals surface area contributed by atoms with Crippen LogP contribution in [0.4, 0.5) is 10.1 Å². The third-order valence-corrected chi connectivity index (χ3v) is 4.74. The first-order valence-corrected chi connectivity index (χ1v) is 9.21. The minimum Gasteiger partial charge on any atom is -0.493 e. The summed E-state index contributed by atoms with van der Waals surface area (Å²) in [6.07, 6.45) is 3.21. The van der Waals surface area contributed by atoms with E-state index in [0.29, 0.717) is 23.6 Å². The molecule has 1 N–H and O–H groups in total. The highest BCUT2D eigenvalue weighted by Gasteiger charge is 2.17. The highest BCUT2D eigenvalue weighted by Crippen LogP contribution is 2.37. The van der Waals surface area contributed by atoms with Gasteiger partial charge in [-0.2, -0.15) is 0 Å². The molecular formula is C23H24FNO3. The Balaban J connectivity index is 1.97. The molecular weight excluding hydrogens is 357 g/mol. The highest BCUT2D eigenvalue weighted by atomic mass is 19.1. The number of halogens is 1. The van der Waals surface area contributed by atoms with E-state index in [2.05, 4.69) is 5.32 Å². The molecule has 1 amide bonds. The molecule has 3 rings (SSSR count). The molecule has 1 heterocycles. The Morgan fingerprint density at radius 2 is 1.96 bits per heavy atom. The maximum absolute atomic E-state index is 13.7. The zero-order chi connectivity index (χ0) is 20.4. The maximum Gasteiger partial charge on any atom is 0.248 e. The Morgan fingerprint density at radius 3 is 2.64 bits per heavy atom. The lowest BCUT2D eigenvalue weighted by molar-refractivity contribution is -0.111. The molecule has 0 bridgehead atoms. The van der Waals surface area contributed by atoms with Crippen LogP contribution in [0.25, 0.3) is 16.5 Å². The largest absolute Gasteiger partial charge is 0.493 e. The number of hydrogen-bond donors (Lipinski definition) is 1. The van der Waals surface area contributed by atoms with Crippen LogP contribution in [0.5, 0.6) is 5.75 Å². The van der Waals surface area contributed by atoms with E-state index in [4.69, 9.17) is 9.15 Å². The van der Waals surface area contributed by atoms with Gasteiger partial charge in [-0.3, -0.25) is 4.79 Å². The molecule has 0 fully saturated rings. The Bertz CT molecular complexity index is 1080. The summed E-state index contributed by atoms with van der Waals surface area (Å²) in [4.78, 5) is 12.5. The maximum atomic E-state index is 13.7. The fraction of sp³-hybridized carbons (Fsp3) is 0.261. The summed E-state index contributed by atoms with van der Waals surface area (Å²) < 4.78 is 25.2. The van der Waals surface area contributed by atoms with Crippen molar-refractivity contribution in [2.24, 2.45) is 0 Å². The number of ether oxygens (including phenoxy) is 1. The molecule has 2 aromatic carbocycles. The first-order chi connectivity index (χ1) is 13.3. The topological polar surface area (TPSA) is 51.5 Å².